The van der Waals surface area contributed by atoms with Crippen molar-refractivity contribution >= 4 is 44.9 Å². The van der Waals surface area contributed by atoms with Crippen molar-refractivity contribution in [3.05, 3.63) is 83.4 Å². The summed E-state index contributed by atoms with van der Waals surface area (Å²) in [5, 5.41) is 13.1. The number of aliphatic hydroxyl groups is 1. The van der Waals surface area contributed by atoms with Crippen molar-refractivity contribution in [2.24, 2.45) is 5.92 Å². The Hall–Kier alpha value is -3.80. The Labute approximate surface area is 251 Å². The van der Waals surface area contributed by atoms with Crippen molar-refractivity contribution in [1.82, 2.24) is 9.80 Å². The van der Waals surface area contributed by atoms with Crippen molar-refractivity contribution in [2.75, 3.05) is 36.8 Å². The number of anilines is 2. The molecule has 0 bridgehead atoms. The minimum Gasteiger partial charge on any atom is -0.488 e. The van der Waals surface area contributed by atoms with Gasteiger partial charge in [-0.3, -0.25) is 9.52 Å². The van der Waals surface area contributed by atoms with Crippen LogP contribution in [0.4, 0.5) is 16.2 Å². The summed E-state index contributed by atoms with van der Waals surface area (Å²) in [5.41, 5.74) is 1.39. The number of fused-ring (bicyclic) bond motifs is 1. The van der Waals surface area contributed by atoms with Crippen LogP contribution in [0, 0.1) is 5.92 Å². The molecule has 1 heterocycles. The number of rotatable bonds is 8. The maximum absolute atomic E-state index is 13.5. The third-order valence-electron chi connectivity index (χ3n) is 7.12. The number of sulfonamides is 1. The molecular formula is C30H35ClN4O6S. The smallest absolute Gasteiger partial charge is 0.321 e. The van der Waals surface area contributed by atoms with Gasteiger partial charge >= 0.3 is 6.03 Å². The van der Waals surface area contributed by atoms with Gasteiger partial charge in [-0.25, -0.2) is 13.2 Å². The number of hydrogen-bond donors (Lipinski definition) is 3. The number of halogens is 1. The maximum Gasteiger partial charge on any atom is 0.321 e. The van der Waals surface area contributed by atoms with Gasteiger partial charge in [0.2, 0.25) is 5.91 Å². The third kappa shape index (κ3) is 7.72. The van der Waals surface area contributed by atoms with Gasteiger partial charge in [-0.05, 0) is 61.5 Å². The molecule has 0 aromatic heterocycles. The highest BCUT2D eigenvalue weighted by atomic mass is 35.5. The van der Waals surface area contributed by atoms with Crippen molar-refractivity contribution in [3.63, 3.8) is 0 Å². The highest BCUT2D eigenvalue weighted by Gasteiger charge is 2.32. The van der Waals surface area contributed by atoms with E-state index in [2.05, 4.69) is 10.0 Å². The fraction of sp³-hybridized carbons (Fsp3) is 0.333. The molecule has 1 aliphatic rings. The van der Waals surface area contributed by atoms with Crippen LogP contribution in [0.1, 0.15) is 19.4 Å². The van der Waals surface area contributed by atoms with Gasteiger partial charge in [0, 0.05) is 41.5 Å². The first kappa shape index (κ1) is 31.1. The SMILES string of the molecule is C[C@H](CO)N1C[C@H](C)[C@H](CN(C)C(=O)Nc2ccccc2)Oc2ccc(NS(=O)(=O)c3ccc(Cl)cc3)cc2CC1=O. The fourth-order valence-electron chi connectivity index (χ4n) is 4.63. The Morgan fingerprint density at radius 3 is 2.48 bits per heavy atom. The number of nitrogens with zero attached hydrogens (tertiary/aromatic N) is 2. The molecule has 1 aliphatic heterocycles. The average Bonchev–Trinajstić information content (AvgIpc) is 3.00. The number of carbonyl (C=O) groups excluding carboxylic acids is 2. The lowest BCUT2D eigenvalue weighted by atomic mass is 10.0. The van der Waals surface area contributed by atoms with E-state index >= 15 is 0 Å². The lowest BCUT2D eigenvalue weighted by molar-refractivity contribution is -0.134. The second-order valence-corrected chi connectivity index (χ2v) is 12.6. The number of urea groups is 1. The predicted octanol–water partition coefficient (Wildman–Crippen LogP) is 4.45. The molecule has 3 N–H and O–H groups in total. The van der Waals surface area contributed by atoms with Crippen LogP contribution in [0.15, 0.2) is 77.7 Å². The van der Waals surface area contributed by atoms with E-state index in [4.69, 9.17) is 16.3 Å². The molecule has 0 unspecified atom stereocenters. The van der Waals surface area contributed by atoms with Crippen molar-refractivity contribution in [1.29, 1.82) is 0 Å². The number of nitrogens with one attached hydrogen (secondary N) is 2. The molecule has 0 radical (unpaired) electrons. The van der Waals surface area contributed by atoms with Crippen LogP contribution in [0.2, 0.25) is 5.02 Å². The third-order valence-corrected chi connectivity index (χ3v) is 8.77. The van der Waals surface area contributed by atoms with Crippen LogP contribution in [0.5, 0.6) is 5.75 Å². The molecule has 4 rings (SSSR count). The number of likely N-dealkylation sites (N-methyl/N-ethyl adjacent to an activating group) is 1. The molecule has 0 spiro atoms. The minimum atomic E-state index is -3.92. The predicted molar refractivity (Wildman–Crippen MR) is 162 cm³/mol. The van der Waals surface area contributed by atoms with Gasteiger partial charge < -0.3 is 25.0 Å². The monoisotopic (exact) mass is 614 g/mol. The van der Waals surface area contributed by atoms with E-state index in [1.807, 2.05) is 25.1 Å². The number of carbonyl (C=O) groups is 2. The van der Waals surface area contributed by atoms with Gasteiger partial charge in [0.05, 0.1) is 30.5 Å². The second kappa shape index (κ2) is 13.5. The van der Waals surface area contributed by atoms with E-state index < -0.39 is 22.2 Å². The zero-order valence-electron chi connectivity index (χ0n) is 23.7. The topological polar surface area (TPSA) is 128 Å². The zero-order valence-corrected chi connectivity index (χ0v) is 25.2. The molecule has 3 aromatic rings. The largest absolute Gasteiger partial charge is 0.488 e. The van der Waals surface area contributed by atoms with Crippen LogP contribution >= 0.6 is 11.6 Å². The molecule has 0 fully saturated rings. The highest BCUT2D eigenvalue weighted by molar-refractivity contribution is 7.92. The number of amides is 3. The van der Waals surface area contributed by atoms with Gasteiger partial charge in [-0.1, -0.05) is 36.7 Å². The average molecular weight is 615 g/mol. The van der Waals surface area contributed by atoms with E-state index in [0.29, 0.717) is 28.6 Å². The number of ether oxygens (including phenoxy) is 1. The molecule has 3 amide bonds. The van der Waals surface area contributed by atoms with Crippen LogP contribution in [-0.2, 0) is 21.2 Å². The lowest BCUT2D eigenvalue weighted by Gasteiger charge is -2.34. The number of hydrogen-bond acceptors (Lipinski definition) is 6. The van der Waals surface area contributed by atoms with Crippen LogP contribution in [0.25, 0.3) is 0 Å². The molecule has 10 nitrogen and oxygen atoms in total. The standard InChI is InChI=1S/C30H35ClN4O6S/c1-20-17-35(21(2)19-36)29(37)16-22-15-25(33-42(39,40)26-12-9-23(31)10-13-26)11-14-27(22)41-28(20)18-34(3)30(38)32-24-7-5-4-6-8-24/h4-15,20-21,28,33,36H,16-19H2,1-3H3,(H,32,38)/t20-,21+,28-/m0/s1. The number of aliphatic hydroxyl groups excluding tert-OH is 1. The fourth-order valence-corrected chi connectivity index (χ4v) is 5.81. The van der Waals surface area contributed by atoms with Gasteiger partial charge in [0.1, 0.15) is 11.9 Å². The Morgan fingerprint density at radius 2 is 1.81 bits per heavy atom. The Balaban J connectivity index is 1.62. The highest BCUT2D eigenvalue weighted by Crippen LogP contribution is 2.30. The normalized spacial score (nSPS) is 18.0. The summed E-state index contributed by atoms with van der Waals surface area (Å²) in [6.07, 6.45) is -0.592. The van der Waals surface area contributed by atoms with E-state index in [0.717, 1.165) is 0 Å². The molecule has 12 heteroatoms. The summed E-state index contributed by atoms with van der Waals surface area (Å²) in [7, 11) is -2.26. The van der Waals surface area contributed by atoms with Crippen LogP contribution in [0.3, 0.4) is 0 Å². The molecule has 0 saturated heterocycles. The molecule has 224 valence electrons. The Bertz CT molecular complexity index is 1500. The Kier molecular flexibility index (Phi) is 9.97. The van der Waals surface area contributed by atoms with Crippen molar-refractivity contribution in [2.45, 2.75) is 37.3 Å². The van der Waals surface area contributed by atoms with E-state index in [9.17, 15) is 23.1 Å². The maximum atomic E-state index is 13.5. The number of benzene rings is 3. The lowest BCUT2D eigenvalue weighted by Crippen LogP contribution is -2.48. The van der Waals surface area contributed by atoms with E-state index in [1.165, 1.54) is 29.2 Å². The molecule has 0 aliphatic carbocycles. The first-order valence-electron chi connectivity index (χ1n) is 13.5. The molecule has 3 aromatic carbocycles. The van der Waals surface area contributed by atoms with Gasteiger partial charge in [-0.2, -0.15) is 0 Å². The first-order chi connectivity index (χ1) is 20.0. The summed E-state index contributed by atoms with van der Waals surface area (Å²) in [6.45, 7) is 3.97. The van der Waals surface area contributed by atoms with Crippen LogP contribution < -0.4 is 14.8 Å². The van der Waals surface area contributed by atoms with Crippen molar-refractivity contribution in [3.8, 4) is 5.75 Å². The molecule has 0 saturated carbocycles. The van der Waals surface area contributed by atoms with Crippen LogP contribution in [-0.4, -0.2) is 74.2 Å². The second-order valence-electron chi connectivity index (χ2n) is 10.4. The van der Waals surface area contributed by atoms with Gasteiger partial charge in [0.15, 0.2) is 0 Å². The molecule has 3 atom stereocenters. The zero-order chi connectivity index (χ0) is 30.4. The van der Waals surface area contributed by atoms with Crippen molar-refractivity contribution < 1.29 is 27.9 Å². The molecular weight excluding hydrogens is 580 g/mol. The van der Waals surface area contributed by atoms with Gasteiger partial charge in [0.25, 0.3) is 10.0 Å². The van der Waals surface area contributed by atoms with E-state index in [1.54, 1.807) is 49.2 Å². The minimum absolute atomic E-state index is 0.0384. The summed E-state index contributed by atoms with van der Waals surface area (Å²) in [4.78, 5) is 29.5. The summed E-state index contributed by atoms with van der Waals surface area (Å²) in [5.74, 6) is -0.0456. The first-order valence-corrected chi connectivity index (χ1v) is 15.4. The Morgan fingerprint density at radius 1 is 1.12 bits per heavy atom. The quantitative estimate of drug-likeness (QED) is 0.344. The summed E-state index contributed by atoms with van der Waals surface area (Å²) < 4.78 is 35.0. The van der Waals surface area contributed by atoms with Gasteiger partial charge in [-0.15, -0.1) is 0 Å². The number of para-hydroxylation sites is 1. The molecule has 42 heavy (non-hydrogen) atoms. The summed E-state index contributed by atoms with van der Waals surface area (Å²) in [6, 6.07) is 18.9. The van der Waals surface area contributed by atoms with E-state index in [-0.39, 0.29) is 48.0 Å². The summed E-state index contributed by atoms with van der Waals surface area (Å²) >= 11 is 5.90.